The van der Waals surface area contributed by atoms with E-state index in [0.29, 0.717) is 12.2 Å². The Morgan fingerprint density at radius 2 is 1.90 bits per heavy atom. The number of rotatable bonds is 8. The molecule has 8 heteroatoms. The van der Waals surface area contributed by atoms with Gasteiger partial charge in [-0.2, -0.15) is 0 Å². The van der Waals surface area contributed by atoms with Crippen LogP contribution < -0.4 is 10.0 Å². The highest BCUT2D eigenvalue weighted by Crippen LogP contribution is 2.25. The average molecular weight is 436 g/mol. The summed E-state index contributed by atoms with van der Waals surface area (Å²) in [6.07, 6.45) is 3.34. The Morgan fingerprint density at radius 3 is 2.62 bits per heavy atom. The first-order valence-electron chi connectivity index (χ1n) is 9.75. The number of anilines is 1. The van der Waals surface area contributed by atoms with Gasteiger partial charge in [0, 0.05) is 17.8 Å². The summed E-state index contributed by atoms with van der Waals surface area (Å²) >= 11 is 6.13. The molecule has 156 valence electrons. The van der Waals surface area contributed by atoms with Gasteiger partial charge in [-0.15, -0.1) is 0 Å². The molecule has 1 fully saturated rings. The molecule has 0 atom stereocenters. The molecule has 0 spiro atoms. The topological polar surface area (TPSA) is 78.5 Å². The van der Waals surface area contributed by atoms with Gasteiger partial charge in [0.05, 0.1) is 5.02 Å². The Balaban J connectivity index is 1.65. The predicted molar refractivity (Wildman–Crippen MR) is 116 cm³/mol. The maximum absolute atomic E-state index is 12.8. The van der Waals surface area contributed by atoms with Gasteiger partial charge in [-0.1, -0.05) is 23.7 Å². The van der Waals surface area contributed by atoms with Crippen molar-refractivity contribution < 1.29 is 13.2 Å². The van der Waals surface area contributed by atoms with E-state index in [-0.39, 0.29) is 21.4 Å². The molecule has 0 aliphatic carbocycles. The van der Waals surface area contributed by atoms with Gasteiger partial charge in [0.1, 0.15) is 4.90 Å². The third kappa shape index (κ3) is 5.95. The number of aryl methyl sites for hydroxylation is 1. The molecule has 1 heterocycles. The molecule has 2 N–H and O–H groups in total. The monoisotopic (exact) mass is 435 g/mol. The SMILES string of the molecule is Cc1cccc(NS(=O)(=O)c2cc(C(=O)NCCCN3CCCC3)ccc2Cl)c1. The minimum atomic E-state index is -3.92. The fourth-order valence-electron chi connectivity index (χ4n) is 3.38. The van der Waals surface area contributed by atoms with E-state index in [0.717, 1.165) is 31.6 Å². The first kappa shape index (κ1) is 21.6. The van der Waals surface area contributed by atoms with E-state index in [1.165, 1.54) is 31.0 Å². The lowest BCUT2D eigenvalue weighted by molar-refractivity contribution is 0.0952. The van der Waals surface area contributed by atoms with Gasteiger partial charge in [0.15, 0.2) is 0 Å². The van der Waals surface area contributed by atoms with E-state index in [1.807, 2.05) is 13.0 Å². The van der Waals surface area contributed by atoms with Crippen molar-refractivity contribution >= 4 is 33.2 Å². The lowest BCUT2D eigenvalue weighted by Crippen LogP contribution is -2.28. The summed E-state index contributed by atoms with van der Waals surface area (Å²) in [5, 5.41) is 2.92. The van der Waals surface area contributed by atoms with Crippen molar-refractivity contribution in [2.45, 2.75) is 31.1 Å². The first-order chi connectivity index (χ1) is 13.8. The Kier molecular flexibility index (Phi) is 7.16. The van der Waals surface area contributed by atoms with Crippen molar-refractivity contribution in [1.29, 1.82) is 0 Å². The highest BCUT2D eigenvalue weighted by atomic mass is 35.5. The van der Waals surface area contributed by atoms with Crippen molar-refractivity contribution in [1.82, 2.24) is 10.2 Å². The number of nitrogens with one attached hydrogen (secondary N) is 2. The van der Waals surface area contributed by atoms with Crippen LogP contribution >= 0.6 is 11.6 Å². The molecule has 0 unspecified atom stereocenters. The summed E-state index contributed by atoms with van der Waals surface area (Å²) in [5.41, 5.74) is 1.64. The maximum atomic E-state index is 12.8. The molecule has 0 radical (unpaired) electrons. The number of benzene rings is 2. The summed E-state index contributed by atoms with van der Waals surface area (Å²) in [4.78, 5) is 14.7. The molecule has 2 aromatic rings. The van der Waals surface area contributed by atoms with Crippen molar-refractivity contribution in [2.75, 3.05) is 30.9 Å². The molecular weight excluding hydrogens is 410 g/mol. The number of amides is 1. The number of sulfonamides is 1. The Hall–Kier alpha value is -2.09. The van der Waals surface area contributed by atoms with Gasteiger partial charge >= 0.3 is 0 Å². The Bertz CT molecular complexity index is 973. The van der Waals surface area contributed by atoms with Crippen LogP contribution in [-0.4, -0.2) is 45.4 Å². The predicted octanol–water partition coefficient (Wildman–Crippen LogP) is 3.66. The maximum Gasteiger partial charge on any atom is 0.263 e. The number of carbonyl (C=O) groups is 1. The number of nitrogens with zero attached hydrogens (tertiary/aromatic N) is 1. The van der Waals surface area contributed by atoms with Crippen LogP contribution in [0.25, 0.3) is 0 Å². The average Bonchev–Trinajstić information content (AvgIpc) is 3.18. The molecule has 0 aromatic heterocycles. The van der Waals surface area contributed by atoms with Gasteiger partial charge in [-0.05, 0) is 81.7 Å². The van der Waals surface area contributed by atoms with E-state index in [4.69, 9.17) is 11.6 Å². The highest BCUT2D eigenvalue weighted by Gasteiger charge is 2.20. The zero-order valence-electron chi connectivity index (χ0n) is 16.4. The van der Waals surface area contributed by atoms with Crippen LogP contribution in [0.5, 0.6) is 0 Å². The first-order valence-corrected chi connectivity index (χ1v) is 11.6. The number of likely N-dealkylation sites (tertiary alicyclic amines) is 1. The summed E-state index contributed by atoms with van der Waals surface area (Å²) in [6, 6.07) is 11.3. The lowest BCUT2D eigenvalue weighted by atomic mass is 10.2. The molecule has 29 heavy (non-hydrogen) atoms. The quantitative estimate of drug-likeness (QED) is 0.620. The van der Waals surface area contributed by atoms with E-state index >= 15 is 0 Å². The number of hydrogen-bond acceptors (Lipinski definition) is 4. The van der Waals surface area contributed by atoms with Crippen LogP contribution in [-0.2, 0) is 10.0 Å². The molecule has 3 rings (SSSR count). The minimum absolute atomic E-state index is 0.0655. The Morgan fingerprint density at radius 1 is 1.14 bits per heavy atom. The molecule has 1 aliphatic rings. The van der Waals surface area contributed by atoms with Crippen LogP contribution in [0.3, 0.4) is 0 Å². The summed E-state index contributed by atoms with van der Waals surface area (Å²) in [6.45, 7) is 5.63. The van der Waals surface area contributed by atoms with E-state index in [2.05, 4.69) is 14.9 Å². The number of halogens is 1. The molecule has 6 nitrogen and oxygen atoms in total. The second-order valence-corrected chi connectivity index (χ2v) is 9.34. The third-order valence-corrected chi connectivity index (χ3v) is 6.75. The molecular formula is C21H26ClN3O3S. The van der Waals surface area contributed by atoms with E-state index < -0.39 is 10.0 Å². The van der Waals surface area contributed by atoms with Crippen molar-refractivity contribution in [3.05, 3.63) is 58.6 Å². The van der Waals surface area contributed by atoms with Gasteiger partial charge < -0.3 is 10.2 Å². The van der Waals surface area contributed by atoms with Crippen LogP contribution in [0, 0.1) is 6.92 Å². The fourth-order valence-corrected chi connectivity index (χ4v) is 4.96. The second-order valence-electron chi connectivity index (χ2n) is 7.28. The molecule has 0 bridgehead atoms. The summed E-state index contributed by atoms with van der Waals surface area (Å²) < 4.78 is 28.1. The smallest absolute Gasteiger partial charge is 0.263 e. The van der Waals surface area contributed by atoms with Crippen LogP contribution in [0.1, 0.15) is 35.2 Å². The van der Waals surface area contributed by atoms with Gasteiger partial charge in [-0.25, -0.2) is 8.42 Å². The lowest BCUT2D eigenvalue weighted by Gasteiger charge is -2.14. The highest BCUT2D eigenvalue weighted by molar-refractivity contribution is 7.92. The van der Waals surface area contributed by atoms with Crippen molar-refractivity contribution in [2.24, 2.45) is 0 Å². The fraction of sp³-hybridized carbons (Fsp3) is 0.381. The number of hydrogen-bond donors (Lipinski definition) is 2. The van der Waals surface area contributed by atoms with Crippen molar-refractivity contribution in [3.63, 3.8) is 0 Å². The van der Waals surface area contributed by atoms with Crippen molar-refractivity contribution in [3.8, 4) is 0 Å². The van der Waals surface area contributed by atoms with Gasteiger partial charge in [0.25, 0.3) is 15.9 Å². The second kappa shape index (κ2) is 9.61. The zero-order chi connectivity index (χ0) is 20.9. The normalized spacial score (nSPS) is 14.7. The standard InChI is InChI=1S/C21H26ClN3O3S/c1-16-6-4-7-18(14-16)24-29(27,28)20-15-17(8-9-19(20)22)21(26)23-10-5-13-25-11-2-3-12-25/h4,6-9,14-15,24H,2-3,5,10-13H2,1H3,(H,23,26). The summed E-state index contributed by atoms with van der Waals surface area (Å²) in [5.74, 6) is -0.310. The van der Waals surface area contributed by atoms with E-state index in [1.54, 1.807) is 18.2 Å². The zero-order valence-corrected chi connectivity index (χ0v) is 18.0. The molecule has 1 aliphatic heterocycles. The van der Waals surface area contributed by atoms with Gasteiger partial charge in [0.2, 0.25) is 0 Å². The minimum Gasteiger partial charge on any atom is -0.352 e. The van der Waals surface area contributed by atoms with Crippen LogP contribution in [0.15, 0.2) is 47.4 Å². The molecule has 0 saturated carbocycles. The number of carbonyl (C=O) groups excluding carboxylic acids is 1. The molecule has 1 saturated heterocycles. The van der Waals surface area contributed by atoms with Crippen LogP contribution in [0.4, 0.5) is 5.69 Å². The third-order valence-electron chi connectivity index (χ3n) is 4.89. The van der Waals surface area contributed by atoms with E-state index in [9.17, 15) is 13.2 Å². The van der Waals surface area contributed by atoms with Crippen LogP contribution in [0.2, 0.25) is 5.02 Å². The molecule has 1 amide bonds. The Labute approximate surface area is 177 Å². The largest absolute Gasteiger partial charge is 0.352 e. The molecule has 2 aromatic carbocycles. The summed E-state index contributed by atoms with van der Waals surface area (Å²) in [7, 11) is -3.92. The van der Waals surface area contributed by atoms with Gasteiger partial charge in [-0.3, -0.25) is 9.52 Å².